The number of methoxy groups -OCH3 is 1. The monoisotopic (exact) mass is 268 g/mol. The molecule has 0 saturated heterocycles. The number of amides is 1. The third-order valence-corrected chi connectivity index (χ3v) is 2.26. The van der Waals surface area contributed by atoms with Crippen molar-refractivity contribution in [3.63, 3.8) is 0 Å². The molecule has 19 heavy (non-hydrogen) atoms. The number of carbonyl (C=O) groups is 1. The van der Waals surface area contributed by atoms with Crippen LogP contribution in [0, 0.1) is 0 Å². The van der Waals surface area contributed by atoms with E-state index in [9.17, 15) is 4.79 Å². The van der Waals surface area contributed by atoms with E-state index in [4.69, 9.17) is 19.9 Å². The van der Waals surface area contributed by atoms with Crippen molar-refractivity contribution in [2.24, 2.45) is 0 Å². The van der Waals surface area contributed by atoms with Gasteiger partial charge in [-0.25, -0.2) is 4.79 Å². The van der Waals surface area contributed by atoms with Crippen molar-refractivity contribution >= 4 is 17.5 Å². The average Bonchev–Trinajstić information content (AvgIpc) is 2.40. The fourth-order valence-electron chi connectivity index (χ4n) is 1.32. The van der Waals surface area contributed by atoms with Crippen molar-refractivity contribution in [3.05, 3.63) is 24.3 Å². The number of anilines is 2. The van der Waals surface area contributed by atoms with Crippen molar-refractivity contribution in [2.45, 2.75) is 6.42 Å². The molecule has 0 unspecified atom stereocenters. The van der Waals surface area contributed by atoms with E-state index in [1.54, 1.807) is 31.4 Å². The number of benzene rings is 1. The van der Waals surface area contributed by atoms with Crippen LogP contribution in [0.4, 0.5) is 16.2 Å². The highest BCUT2D eigenvalue weighted by molar-refractivity contribution is 5.84. The molecule has 106 valence electrons. The van der Waals surface area contributed by atoms with Crippen LogP contribution in [0.1, 0.15) is 6.42 Å². The quantitative estimate of drug-likeness (QED) is 0.555. The van der Waals surface area contributed by atoms with E-state index in [1.807, 2.05) is 0 Å². The summed E-state index contributed by atoms with van der Waals surface area (Å²) < 4.78 is 15.1. The van der Waals surface area contributed by atoms with Gasteiger partial charge in [0.25, 0.3) is 0 Å². The zero-order valence-electron chi connectivity index (χ0n) is 11.1. The topological polar surface area (TPSA) is 82.8 Å². The fourth-order valence-corrected chi connectivity index (χ4v) is 1.32. The van der Waals surface area contributed by atoms with Gasteiger partial charge in [-0.05, 0) is 30.7 Å². The van der Waals surface area contributed by atoms with E-state index in [0.717, 1.165) is 6.42 Å². The molecular formula is C13H20N2O4. The first-order valence-electron chi connectivity index (χ1n) is 6.08. The first kappa shape index (κ1) is 15.3. The summed E-state index contributed by atoms with van der Waals surface area (Å²) in [7, 11) is 1.64. The van der Waals surface area contributed by atoms with Gasteiger partial charge in [0.1, 0.15) is 6.61 Å². The number of nitrogens with two attached hydrogens (primary N) is 1. The lowest BCUT2D eigenvalue weighted by Crippen LogP contribution is -2.17. The molecular weight excluding hydrogens is 248 g/mol. The zero-order chi connectivity index (χ0) is 13.9. The Morgan fingerprint density at radius 1 is 1.16 bits per heavy atom. The summed E-state index contributed by atoms with van der Waals surface area (Å²) in [6.45, 7) is 1.85. The van der Waals surface area contributed by atoms with E-state index in [1.165, 1.54) is 0 Å². The number of ether oxygens (including phenoxy) is 3. The minimum absolute atomic E-state index is 0.216. The summed E-state index contributed by atoms with van der Waals surface area (Å²) >= 11 is 0. The molecule has 0 fully saturated rings. The molecule has 0 aliphatic heterocycles. The third kappa shape index (κ3) is 7.28. The number of carbonyl (C=O) groups excluding carboxylic acids is 1. The van der Waals surface area contributed by atoms with E-state index in [2.05, 4.69) is 5.32 Å². The molecule has 0 atom stereocenters. The fraction of sp³-hybridized carbons (Fsp3) is 0.462. The first-order chi connectivity index (χ1) is 9.22. The molecule has 0 heterocycles. The normalized spacial score (nSPS) is 10.2. The second kappa shape index (κ2) is 9.18. The predicted octanol–water partition coefficient (Wildman–Crippen LogP) is 1.87. The van der Waals surface area contributed by atoms with Crippen LogP contribution in [0.3, 0.4) is 0 Å². The molecule has 0 aromatic heterocycles. The Bertz CT molecular complexity index is 367. The van der Waals surface area contributed by atoms with Crippen LogP contribution in [-0.4, -0.2) is 39.6 Å². The van der Waals surface area contributed by atoms with Gasteiger partial charge in [0.05, 0.1) is 6.61 Å². The Labute approximate surface area is 112 Å². The number of rotatable bonds is 8. The molecule has 0 radical (unpaired) electrons. The van der Waals surface area contributed by atoms with Crippen LogP contribution < -0.4 is 11.1 Å². The molecule has 0 aliphatic carbocycles. The van der Waals surface area contributed by atoms with Gasteiger partial charge in [-0.3, -0.25) is 5.32 Å². The van der Waals surface area contributed by atoms with Gasteiger partial charge < -0.3 is 19.9 Å². The van der Waals surface area contributed by atoms with Crippen molar-refractivity contribution in [1.82, 2.24) is 0 Å². The minimum Gasteiger partial charge on any atom is -0.447 e. The molecule has 1 aromatic carbocycles. The molecule has 0 aliphatic rings. The standard InChI is InChI=1S/C13H20N2O4/c1-17-7-2-8-18-9-10-19-13(16)15-12-5-3-11(14)4-6-12/h3-6H,2,7-10,14H2,1H3,(H,15,16). The van der Waals surface area contributed by atoms with Crippen molar-refractivity contribution < 1.29 is 19.0 Å². The number of hydrogen-bond donors (Lipinski definition) is 2. The molecule has 0 bridgehead atoms. The Morgan fingerprint density at radius 2 is 1.89 bits per heavy atom. The van der Waals surface area contributed by atoms with Crippen molar-refractivity contribution in [2.75, 3.05) is 44.6 Å². The second-order valence-electron chi connectivity index (χ2n) is 3.84. The van der Waals surface area contributed by atoms with Gasteiger partial charge in [-0.15, -0.1) is 0 Å². The van der Waals surface area contributed by atoms with E-state index < -0.39 is 6.09 Å². The SMILES string of the molecule is COCCCOCCOC(=O)Nc1ccc(N)cc1. The van der Waals surface area contributed by atoms with Crippen LogP contribution in [0.15, 0.2) is 24.3 Å². The van der Waals surface area contributed by atoms with Gasteiger partial charge in [-0.2, -0.15) is 0 Å². The van der Waals surface area contributed by atoms with E-state index in [-0.39, 0.29) is 6.61 Å². The van der Waals surface area contributed by atoms with Crippen LogP contribution in [0.2, 0.25) is 0 Å². The number of nitrogen functional groups attached to an aromatic ring is 1. The zero-order valence-corrected chi connectivity index (χ0v) is 11.1. The molecule has 3 N–H and O–H groups in total. The number of nitrogens with one attached hydrogen (secondary N) is 1. The Balaban J connectivity index is 2.06. The largest absolute Gasteiger partial charge is 0.447 e. The highest BCUT2D eigenvalue weighted by Gasteiger charge is 2.02. The molecule has 6 nitrogen and oxygen atoms in total. The van der Waals surface area contributed by atoms with E-state index in [0.29, 0.717) is 31.2 Å². The summed E-state index contributed by atoms with van der Waals surface area (Å²) in [5.41, 5.74) is 6.82. The predicted molar refractivity (Wildman–Crippen MR) is 73.1 cm³/mol. The first-order valence-corrected chi connectivity index (χ1v) is 6.08. The van der Waals surface area contributed by atoms with Crippen LogP contribution >= 0.6 is 0 Å². The molecule has 6 heteroatoms. The molecule has 0 saturated carbocycles. The summed E-state index contributed by atoms with van der Waals surface area (Å²) in [5.74, 6) is 0. The average molecular weight is 268 g/mol. The molecule has 1 aromatic rings. The smallest absolute Gasteiger partial charge is 0.411 e. The Hall–Kier alpha value is -1.79. The minimum atomic E-state index is -0.509. The summed E-state index contributed by atoms with van der Waals surface area (Å²) in [5, 5.41) is 2.59. The third-order valence-electron chi connectivity index (χ3n) is 2.26. The van der Waals surface area contributed by atoms with Crippen LogP contribution in [0.25, 0.3) is 0 Å². The maximum atomic E-state index is 11.4. The lowest BCUT2D eigenvalue weighted by Gasteiger charge is -2.07. The van der Waals surface area contributed by atoms with Crippen molar-refractivity contribution in [1.29, 1.82) is 0 Å². The molecule has 1 amide bonds. The highest BCUT2D eigenvalue weighted by Crippen LogP contribution is 2.10. The summed E-state index contributed by atoms with van der Waals surface area (Å²) in [4.78, 5) is 11.4. The lowest BCUT2D eigenvalue weighted by molar-refractivity contribution is 0.0656. The van der Waals surface area contributed by atoms with Crippen LogP contribution in [0.5, 0.6) is 0 Å². The van der Waals surface area contributed by atoms with Gasteiger partial charge in [0.2, 0.25) is 0 Å². The second-order valence-corrected chi connectivity index (χ2v) is 3.84. The Morgan fingerprint density at radius 3 is 2.58 bits per heavy atom. The van der Waals surface area contributed by atoms with Crippen LogP contribution in [-0.2, 0) is 14.2 Å². The molecule has 0 spiro atoms. The van der Waals surface area contributed by atoms with Gasteiger partial charge in [0, 0.05) is 31.7 Å². The maximum Gasteiger partial charge on any atom is 0.411 e. The maximum absolute atomic E-state index is 11.4. The lowest BCUT2D eigenvalue weighted by atomic mass is 10.3. The summed E-state index contributed by atoms with van der Waals surface area (Å²) in [6, 6.07) is 6.82. The van der Waals surface area contributed by atoms with Gasteiger partial charge in [0.15, 0.2) is 0 Å². The molecule has 1 rings (SSSR count). The van der Waals surface area contributed by atoms with Gasteiger partial charge >= 0.3 is 6.09 Å². The van der Waals surface area contributed by atoms with Gasteiger partial charge in [-0.1, -0.05) is 0 Å². The van der Waals surface area contributed by atoms with Crippen molar-refractivity contribution in [3.8, 4) is 0 Å². The number of hydrogen-bond acceptors (Lipinski definition) is 5. The Kier molecular flexibility index (Phi) is 7.38. The highest BCUT2D eigenvalue weighted by atomic mass is 16.6. The summed E-state index contributed by atoms with van der Waals surface area (Å²) in [6.07, 6.45) is 0.318. The van der Waals surface area contributed by atoms with E-state index >= 15 is 0 Å².